The SMILES string of the molecule is COc1cc(C(=O)N2CCCC2c2cccc(-c3c(C)noc3C)c2)ccc1C1CNNC1. The summed E-state index contributed by atoms with van der Waals surface area (Å²) in [7, 11) is 1.67. The van der Waals surface area contributed by atoms with Gasteiger partial charge in [-0.05, 0) is 61.6 Å². The van der Waals surface area contributed by atoms with Crippen LogP contribution in [0.4, 0.5) is 0 Å². The smallest absolute Gasteiger partial charge is 0.254 e. The highest BCUT2D eigenvalue weighted by Crippen LogP contribution is 2.37. The highest BCUT2D eigenvalue weighted by atomic mass is 16.5. The third kappa shape index (κ3) is 4.03. The van der Waals surface area contributed by atoms with Crippen LogP contribution in [0.25, 0.3) is 11.1 Å². The van der Waals surface area contributed by atoms with Gasteiger partial charge in [-0.25, -0.2) is 0 Å². The first-order valence-corrected chi connectivity index (χ1v) is 11.5. The molecule has 1 amide bonds. The molecule has 5 rings (SSSR count). The maximum absolute atomic E-state index is 13.6. The predicted octanol–water partition coefficient (Wildman–Crippen LogP) is 4.14. The van der Waals surface area contributed by atoms with Gasteiger partial charge in [0.1, 0.15) is 11.5 Å². The Balaban J connectivity index is 1.42. The molecule has 3 aromatic rings. The zero-order chi connectivity index (χ0) is 22.9. The molecule has 3 heterocycles. The summed E-state index contributed by atoms with van der Waals surface area (Å²) in [5, 5.41) is 4.10. The number of ether oxygens (including phenoxy) is 1. The Kier molecular flexibility index (Phi) is 5.91. The Bertz CT molecular complexity index is 1150. The number of amides is 1. The minimum atomic E-state index is 0.0480. The standard InChI is InChI=1S/C26H30N4O3/c1-16-25(17(2)33-29-16)19-7-4-6-18(12-19)23-8-5-11-30(23)26(31)20-9-10-22(24(13-20)32-3)21-14-27-28-15-21/h4,6-7,9-10,12-13,21,23,27-28H,5,8,11,14-15H2,1-3H3. The lowest BCUT2D eigenvalue weighted by molar-refractivity contribution is 0.0735. The van der Waals surface area contributed by atoms with E-state index in [1.165, 1.54) is 0 Å². The van der Waals surface area contributed by atoms with Crippen molar-refractivity contribution in [3.05, 3.63) is 70.6 Å². The fourth-order valence-electron chi connectivity index (χ4n) is 5.18. The highest BCUT2D eigenvalue weighted by Gasteiger charge is 2.32. The first-order valence-electron chi connectivity index (χ1n) is 11.5. The Labute approximate surface area is 194 Å². The molecule has 2 fully saturated rings. The van der Waals surface area contributed by atoms with Crippen molar-refractivity contribution in [3.63, 3.8) is 0 Å². The lowest BCUT2D eigenvalue weighted by Gasteiger charge is -2.26. The second-order valence-electron chi connectivity index (χ2n) is 8.90. The summed E-state index contributed by atoms with van der Waals surface area (Å²) in [6.45, 7) is 6.33. The van der Waals surface area contributed by atoms with Crippen LogP contribution in [-0.4, -0.2) is 42.7 Å². The van der Waals surface area contributed by atoms with Crippen molar-refractivity contribution in [2.24, 2.45) is 0 Å². The summed E-state index contributed by atoms with van der Waals surface area (Å²) in [6.07, 6.45) is 1.94. The molecule has 0 saturated carbocycles. The maximum atomic E-state index is 13.6. The van der Waals surface area contributed by atoms with E-state index in [4.69, 9.17) is 9.26 Å². The van der Waals surface area contributed by atoms with Crippen LogP contribution in [0.1, 0.15) is 57.7 Å². The molecule has 2 aromatic carbocycles. The molecule has 2 saturated heterocycles. The van der Waals surface area contributed by atoms with Crippen molar-refractivity contribution in [3.8, 4) is 16.9 Å². The monoisotopic (exact) mass is 446 g/mol. The Morgan fingerprint density at radius 1 is 1.15 bits per heavy atom. The van der Waals surface area contributed by atoms with Crippen molar-refractivity contribution < 1.29 is 14.1 Å². The summed E-state index contributed by atoms with van der Waals surface area (Å²) in [5.74, 6) is 1.96. The molecular weight excluding hydrogens is 416 g/mol. The molecular formula is C26H30N4O3. The van der Waals surface area contributed by atoms with E-state index >= 15 is 0 Å². The molecule has 172 valence electrons. The average Bonchev–Trinajstić information content (AvgIpc) is 3.60. The van der Waals surface area contributed by atoms with Gasteiger partial charge in [0.2, 0.25) is 0 Å². The molecule has 33 heavy (non-hydrogen) atoms. The third-order valence-corrected chi connectivity index (χ3v) is 6.85. The molecule has 7 nitrogen and oxygen atoms in total. The number of aromatic nitrogens is 1. The summed E-state index contributed by atoms with van der Waals surface area (Å²) >= 11 is 0. The van der Waals surface area contributed by atoms with Crippen LogP contribution < -0.4 is 15.6 Å². The molecule has 0 radical (unpaired) electrons. The van der Waals surface area contributed by atoms with E-state index < -0.39 is 0 Å². The number of hydrazine groups is 1. The fourth-order valence-corrected chi connectivity index (χ4v) is 5.18. The number of methoxy groups -OCH3 is 1. The second-order valence-corrected chi connectivity index (χ2v) is 8.90. The van der Waals surface area contributed by atoms with Crippen LogP contribution in [0.5, 0.6) is 5.75 Å². The van der Waals surface area contributed by atoms with Gasteiger partial charge in [0.05, 0.1) is 18.8 Å². The quantitative estimate of drug-likeness (QED) is 0.613. The van der Waals surface area contributed by atoms with Crippen LogP contribution in [0.3, 0.4) is 0 Å². The number of carbonyl (C=O) groups is 1. The number of aryl methyl sites for hydroxylation is 2. The summed E-state index contributed by atoms with van der Waals surface area (Å²) in [5.41, 5.74) is 12.2. The van der Waals surface area contributed by atoms with Gasteiger partial charge in [0.15, 0.2) is 0 Å². The Morgan fingerprint density at radius 2 is 1.97 bits per heavy atom. The van der Waals surface area contributed by atoms with Crippen molar-refractivity contribution in [2.75, 3.05) is 26.7 Å². The van der Waals surface area contributed by atoms with Crippen molar-refractivity contribution in [2.45, 2.75) is 38.6 Å². The number of likely N-dealkylation sites (tertiary alicyclic amines) is 1. The number of hydrogen-bond acceptors (Lipinski definition) is 6. The van der Waals surface area contributed by atoms with E-state index in [-0.39, 0.29) is 11.9 Å². The van der Waals surface area contributed by atoms with E-state index in [0.29, 0.717) is 11.5 Å². The van der Waals surface area contributed by atoms with Crippen LogP contribution in [0.15, 0.2) is 47.0 Å². The minimum Gasteiger partial charge on any atom is -0.496 e. The van der Waals surface area contributed by atoms with Gasteiger partial charge in [0, 0.05) is 36.7 Å². The van der Waals surface area contributed by atoms with Crippen LogP contribution >= 0.6 is 0 Å². The Hall–Kier alpha value is -3.16. The van der Waals surface area contributed by atoms with Gasteiger partial charge < -0.3 is 14.2 Å². The number of benzene rings is 2. The van der Waals surface area contributed by atoms with E-state index in [0.717, 1.165) is 71.9 Å². The minimum absolute atomic E-state index is 0.0480. The van der Waals surface area contributed by atoms with E-state index in [1.54, 1.807) is 7.11 Å². The summed E-state index contributed by atoms with van der Waals surface area (Å²) in [6, 6.07) is 14.3. The number of nitrogens with zero attached hydrogens (tertiary/aromatic N) is 2. The molecule has 1 aromatic heterocycles. The van der Waals surface area contributed by atoms with E-state index in [9.17, 15) is 4.79 Å². The molecule has 0 aliphatic carbocycles. The largest absolute Gasteiger partial charge is 0.496 e. The lowest BCUT2D eigenvalue weighted by atomic mass is 9.96. The first-order chi connectivity index (χ1) is 16.1. The third-order valence-electron chi connectivity index (χ3n) is 6.85. The maximum Gasteiger partial charge on any atom is 0.254 e. The molecule has 2 N–H and O–H groups in total. The normalized spacial score (nSPS) is 18.8. The topological polar surface area (TPSA) is 79.6 Å². The molecule has 7 heteroatoms. The number of hydrogen-bond donors (Lipinski definition) is 2. The van der Waals surface area contributed by atoms with Crippen molar-refractivity contribution in [1.29, 1.82) is 0 Å². The summed E-state index contributed by atoms with van der Waals surface area (Å²) < 4.78 is 11.0. The highest BCUT2D eigenvalue weighted by molar-refractivity contribution is 5.95. The molecule has 1 unspecified atom stereocenters. The number of carbonyl (C=O) groups excluding carboxylic acids is 1. The molecule has 1 atom stereocenters. The van der Waals surface area contributed by atoms with E-state index in [1.807, 2.05) is 36.9 Å². The Morgan fingerprint density at radius 3 is 2.70 bits per heavy atom. The molecule has 2 aliphatic heterocycles. The molecule has 2 aliphatic rings. The van der Waals surface area contributed by atoms with E-state index in [2.05, 4.69) is 40.3 Å². The van der Waals surface area contributed by atoms with Gasteiger partial charge >= 0.3 is 0 Å². The lowest BCUT2D eigenvalue weighted by Crippen LogP contribution is -2.30. The van der Waals surface area contributed by atoms with Crippen molar-refractivity contribution >= 4 is 5.91 Å². The zero-order valence-electron chi connectivity index (χ0n) is 19.4. The predicted molar refractivity (Wildman–Crippen MR) is 126 cm³/mol. The van der Waals surface area contributed by atoms with Gasteiger partial charge in [0.25, 0.3) is 5.91 Å². The average molecular weight is 447 g/mol. The van der Waals surface area contributed by atoms with Crippen LogP contribution in [-0.2, 0) is 0 Å². The number of rotatable bonds is 5. The molecule has 0 bridgehead atoms. The van der Waals surface area contributed by atoms with Crippen LogP contribution in [0.2, 0.25) is 0 Å². The zero-order valence-corrected chi connectivity index (χ0v) is 19.4. The van der Waals surface area contributed by atoms with Crippen LogP contribution in [0, 0.1) is 13.8 Å². The van der Waals surface area contributed by atoms with Gasteiger partial charge in [-0.15, -0.1) is 0 Å². The molecule has 0 spiro atoms. The van der Waals surface area contributed by atoms with Gasteiger partial charge in [-0.2, -0.15) is 0 Å². The van der Waals surface area contributed by atoms with Crippen molar-refractivity contribution in [1.82, 2.24) is 20.9 Å². The number of nitrogens with one attached hydrogen (secondary N) is 2. The van der Waals surface area contributed by atoms with Gasteiger partial charge in [-0.1, -0.05) is 29.4 Å². The second kappa shape index (κ2) is 9.00. The van der Waals surface area contributed by atoms with Gasteiger partial charge in [-0.3, -0.25) is 15.6 Å². The summed E-state index contributed by atoms with van der Waals surface area (Å²) in [4.78, 5) is 15.6. The fraction of sp³-hybridized carbons (Fsp3) is 0.385. The first kappa shape index (κ1) is 21.7.